The zero-order valence-electron chi connectivity index (χ0n) is 12.7. The predicted molar refractivity (Wildman–Crippen MR) is 80.4 cm³/mol. The molecule has 1 aromatic rings. The van der Waals surface area contributed by atoms with Crippen molar-refractivity contribution in [1.29, 1.82) is 0 Å². The van der Waals surface area contributed by atoms with E-state index < -0.39 is 8.32 Å². The Morgan fingerprint density at radius 2 is 1.68 bits per heavy atom. The zero-order valence-corrected chi connectivity index (χ0v) is 13.7. The van der Waals surface area contributed by atoms with Gasteiger partial charge >= 0.3 is 5.97 Å². The van der Waals surface area contributed by atoms with Crippen LogP contribution in [0.5, 0.6) is 0 Å². The van der Waals surface area contributed by atoms with Gasteiger partial charge in [-0.2, -0.15) is 0 Å². The van der Waals surface area contributed by atoms with Gasteiger partial charge in [-0.1, -0.05) is 12.1 Å². The summed E-state index contributed by atoms with van der Waals surface area (Å²) in [6.45, 7) is 12.7. The first kappa shape index (κ1) is 15.9. The van der Waals surface area contributed by atoms with Crippen molar-refractivity contribution in [1.82, 2.24) is 0 Å². The number of ether oxygens (including phenoxy) is 1. The van der Waals surface area contributed by atoms with E-state index in [9.17, 15) is 4.79 Å². The van der Waals surface area contributed by atoms with Crippen molar-refractivity contribution >= 4 is 19.5 Å². The van der Waals surface area contributed by atoms with E-state index in [1.54, 1.807) is 6.92 Å². The number of benzene rings is 1. The maximum Gasteiger partial charge on any atom is 0.338 e. The van der Waals surface area contributed by atoms with Gasteiger partial charge in [-0.25, -0.2) is 4.79 Å². The average Bonchev–Trinajstić information content (AvgIpc) is 2.26. The first-order valence-electron chi connectivity index (χ1n) is 6.63. The van der Waals surface area contributed by atoms with Gasteiger partial charge < -0.3 is 9.16 Å². The zero-order chi connectivity index (χ0) is 14.7. The molecule has 0 fully saturated rings. The van der Waals surface area contributed by atoms with Gasteiger partial charge in [0.05, 0.1) is 12.2 Å². The molecule has 4 heteroatoms. The van der Waals surface area contributed by atoms with Crippen LogP contribution in [0, 0.1) is 0 Å². The highest BCUT2D eigenvalue weighted by Gasteiger charge is 2.30. The van der Waals surface area contributed by atoms with Crippen LogP contribution in [0.4, 0.5) is 0 Å². The van der Waals surface area contributed by atoms with E-state index in [2.05, 4.69) is 33.9 Å². The third-order valence-electron chi connectivity index (χ3n) is 2.65. The van der Waals surface area contributed by atoms with Crippen LogP contribution in [0.2, 0.25) is 13.1 Å². The Hall–Kier alpha value is -1.13. The standard InChI is InChI=1S/C15H24O3Si/c1-7-17-14(16)12-8-10-13(11-9-12)19(5,6)18-15(2,3)4/h8-11H,7H2,1-6H3. The summed E-state index contributed by atoms with van der Waals surface area (Å²) in [6, 6.07) is 7.58. The first-order chi connectivity index (χ1) is 8.65. The maximum atomic E-state index is 11.6. The lowest BCUT2D eigenvalue weighted by molar-refractivity contribution is 0.0526. The van der Waals surface area contributed by atoms with E-state index in [1.165, 1.54) is 5.19 Å². The second-order valence-electron chi connectivity index (χ2n) is 6.02. The summed E-state index contributed by atoms with van der Waals surface area (Å²) in [4.78, 5) is 11.6. The van der Waals surface area contributed by atoms with Gasteiger partial charge in [0, 0.05) is 5.60 Å². The van der Waals surface area contributed by atoms with E-state index in [1.807, 2.05) is 24.3 Å². The lowest BCUT2D eigenvalue weighted by Gasteiger charge is -2.32. The summed E-state index contributed by atoms with van der Waals surface area (Å²) in [7, 11) is -1.94. The minimum Gasteiger partial charge on any atom is -0.462 e. The summed E-state index contributed by atoms with van der Waals surface area (Å²) >= 11 is 0. The molecule has 0 saturated carbocycles. The van der Waals surface area contributed by atoms with Crippen molar-refractivity contribution in [3.05, 3.63) is 29.8 Å². The Morgan fingerprint density at radius 1 is 1.16 bits per heavy atom. The van der Waals surface area contributed by atoms with Gasteiger partial charge in [-0.05, 0) is 58.1 Å². The molecule has 0 radical (unpaired) electrons. The number of carbonyl (C=O) groups excluding carboxylic acids is 1. The second kappa shape index (κ2) is 5.88. The molecule has 0 bridgehead atoms. The lowest BCUT2D eigenvalue weighted by Crippen LogP contribution is -2.49. The topological polar surface area (TPSA) is 35.5 Å². The van der Waals surface area contributed by atoms with Crippen LogP contribution in [0.1, 0.15) is 38.1 Å². The van der Waals surface area contributed by atoms with Crippen molar-refractivity contribution < 1.29 is 14.0 Å². The number of hydrogen-bond acceptors (Lipinski definition) is 3. The summed E-state index contributed by atoms with van der Waals surface area (Å²) in [5, 5.41) is 1.18. The lowest BCUT2D eigenvalue weighted by atomic mass is 10.2. The Labute approximate surface area is 117 Å². The smallest absolute Gasteiger partial charge is 0.338 e. The van der Waals surface area contributed by atoms with E-state index in [0.29, 0.717) is 12.2 Å². The Bertz CT molecular complexity index is 430. The maximum absolute atomic E-state index is 11.6. The SMILES string of the molecule is CCOC(=O)c1ccc([Si](C)(C)OC(C)(C)C)cc1. The van der Waals surface area contributed by atoms with Gasteiger partial charge in [0.1, 0.15) is 0 Å². The van der Waals surface area contributed by atoms with Gasteiger partial charge in [0.15, 0.2) is 0 Å². The molecule has 19 heavy (non-hydrogen) atoms. The summed E-state index contributed by atoms with van der Waals surface area (Å²) in [5.74, 6) is -0.273. The number of carbonyl (C=O) groups is 1. The number of esters is 1. The molecule has 0 spiro atoms. The molecule has 0 heterocycles. The Kier molecular flexibility index (Phi) is 4.93. The van der Waals surface area contributed by atoms with Crippen LogP contribution in [-0.4, -0.2) is 26.5 Å². The number of hydrogen-bond donors (Lipinski definition) is 0. The van der Waals surface area contributed by atoms with Crippen molar-refractivity contribution in [3.63, 3.8) is 0 Å². The highest BCUT2D eigenvalue weighted by molar-refractivity contribution is 6.84. The molecule has 1 rings (SSSR count). The third kappa shape index (κ3) is 4.80. The highest BCUT2D eigenvalue weighted by atomic mass is 28.4. The molecular weight excluding hydrogens is 256 g/mol. The fraction of sp³-hybridized carbons (Fsp3) is 0.533. The minimum absolute atomic E-state index is 0.157. The van der Waals surface area contributed by atoms with E-state index in [0.717, 1.165) is 0 Å². The molecule has 0 atom stereocenters. The molecular formula is C15H24O3Si. The Morgan fingerprint density at radius 3 is 2.11 bits per heavy atom. The molecule has 1 aromatic carbocycles. The second-order valence-corrected chi connectivity index (χ2v) is 9.82. The monoisotopic (exact) mass is 280 g/mol. The van der Waals surface area contributed by atoms with Crippen LogP contribution in [-0.2, 0) is 9.16 Å². The molecule has 0 unspecified atom stereocenters. The van der Waals surface area contributed by atoms with Crippen molar-refractivity contribution in [2.45, 2.75) is 46.4 Å². The quantitative estimate of drug-likeness (QED) is 0.628. The number of rotatable bonds is 4. The van der Waals surface area contributed by atoms with Crippen LogP contribution in [0.25, 0.3) is 0 Å². The van der Waals surface area contributed by atoms with Gasteiger partial charge in [-0.3, -0.25) is 0 Å². The molecule has 0 saturated heterocycles. The van der Waals surface area contributed by atoms with Gasteiger partial charge in [0.2, 0.25) is 8.32 Å². The average molecular weight is 280 g/mol. The Balaban J connectivity index is 2.89. The summed E-state index contributed by atoms with van der Waals surface area (Å²) in [5.41, 5.74) is 0.432. The largest absolute Gasteiger partial charge is 0.462 e. The minimum atomic E-state index is -1.94. The molecule has 0 aromatic heterocycles. The van der Waals surface area contributed by atoms with Gasteiger partial charge in [-0.15, -0.1) is 0 Å². The first-order valence-corrected chi connectivity index (χ1v) is 9.54. The highest BCUT2D eigenvalue weighted by Crippen LogP contribution is 2.17. The fourth-order valence-corrected chi connectivity index (χ4v) is 4.66. The van der Waals surface area contributed by atoms with Crippen molar-refractivity contribution in [3.8, 4) is 0 Å². The normalized spacial score (nSPS) is 12.3. The molecule has 0 aliphatic carbocycles. The van der Waals surface area contributed by atoms with Crippen LogP contribution < -0.4 is 5.19 Å². The summed E-state index contributed by atoms with van der Waals surface area (Å²) in [6.07, 6.45) is 0. The molecule has 0 aliphatic rings. The van der Waals surface area contributed by atoms with E-state index in [-0.39, 0.29) is 11.6 Å². The third-order valence-corrected chi connectivity index (χ3v) is 5.50. The van der Waals surface area contributed by atoms with E-state index >= 15 is 0 Å². The van der Waals surface area contributed by atoms with E-state index in [4.69, 9.17) is 9.16 Å². The van der Waals surface area contributed by atoms with Crippen molar-refractivity contribution in [2.24, 2.45) is 0 Å². The predicted octanol–water partition coefficient (Wildman–Crippen LogP) is 3.09. The fourth-order valence-electron chi connectivity index (χ4n) is 2.05. The van der Waals surface area contributed by atoms with Crippen LogP contribution in [0.3, 0.4) is 0 Å². The molecule has 106 valence electrons. The molecule has 0 amide bonds. The van der Waals surface area contributed by atoms with Crippen LogP contribution in [0.15, 0.2) is 24.3 Å². The van der Waals surface area contributed by atoms with Gasteiger partial charge in [0.25, 0.3) is 0 Å². The molecule has 0 aliphatic heterocycles. The molecule has 3 nitrogen and oxygen atoms in total. The van der Waals surface area contributed by atoms with Crippen molar-refractivity contribution in [2.75, 3.05) is 6.61 Å². The molecule has 0 N–H and O–H groups in total. The van der Waals surface area contributed by atoms with Crippen LogP contribution >= 0.6 is 0 Å². The summed E-state index contributed by atoms with van der Waals surface area (Å²) < 4.78 is 11.2.